The lowest BCUT2D eigenvalue weighted by atomic mass is 10.2. The van der Waals surface area contributed by atoms with Crippen LogP contribution < -0.4 is 0 Å². The smallest absolute Gasteiger partial charge is 0.147 e. The molecule has 0 amide bonds. The van der Waals surface area contributed by atoms with E-state index in [1.165, 1.54) is 0 Å². The Kier molecular flexibility index (Phi) is 2.53. The topological polar surface area (TPSA) is 47.3 Å². The van der Waals surface area contributed by atoms with Crippen LogP contribution in [-0.2, 0) is 4.74 Å². The molecule has 2 rings (SSSR count). The quantitative estimate of drug-likeness (QED) is 0.784. The van der Waals surface area contributed by atoms with Crippen molar-refractivity contribution in [1.29, 1.82) is 0 Å². The highest BCUT2D eigenvalue weighted by atomic mass is 35.5. The van der Waals surface area contributed by atoms with Crippen LogP contribution in [0.1, 0.15) is 19.1 Å². The van der Waals surface area contributed by atoms with Crippen molar-refractivity contribution in [1.82, 2.24) is 9.55 Å². The SMILES string of the molecule is OC[C@@H]1CC[C@H](n2cnc(Cl)c2)O1. The molecule has 1 saturated heterocycles. The van der Waals surface area contributed by atoms with Crippen molar-refractivity contribution in [3.05, 3.63) is 17.7 Å². The number of hydrogen-bond donors (Lipinski definition) is 1. The summed E-state index contributed by atoms with van der Waals surface area (Å²) in [5.41, 5.74) is 0. The molecular formula is C8H11ClN2O2. The third kappa shape index (κ3) is 1.85. The van der Waals surface area contributed by atoms with Crippen LogP contribution >= 0.6 is 11.6 Å². The maximum atomic E-state index is 8.86. The minimum atomic E-state index is -0.0359. The van der Waals surface area contributed by atoms with Crippen LogP contribution in [0.15, 0.2) is 12.5 Å². The summed E-state index contributed by atoms with van der Waals surface area (Å²) in [6.07, 6.45) is 5.11. The molecule has 0 bridgehead atoms. The van der Waals surface area contributed by atoms with Crippen molar-refractivity contribution in [2.24, 2.45) is 0 Å². The van der Waals surface area contributed by atoms with E-state index < -0.39 is 0 Å². The Morgan fingerprint density at radius 3 is 3.08 bits per heavy atom. The van der Waals surface area contributed by atoms with Crippen LogP contribution in [0.5, 0.6) is 0 Å². The molecule has 0 aliphatic carbocycles. The molecule has 1 N–H and O–H groups in total. The van der Waals surface area contributed by atoms with E-state index in [-0.39, 0.29) is 18.9 Å². The number of aliphatic hydroxyl groups excluding tert-OH is 1. The van der Waals surface area contributed by atoms with E-state index in [0.29, 0.717) is 5.15 Å². The summed E-state index contributed by atoms with van der Waals surface area (Å²) in [5, 5.41) is 9.33. The molecule has 1 aliphatic heterocycles. The second-order valence-electron chi connectivity index (χ2n) is 3.12. The van der Waals surface area contributed by atoms with Crippen molar-refractivity contribution < 1.29 is 9.84 Å². The Labute approximate surface area is 81.1 Å². The molecule has 2 atom stereocenters. The molecule has 1 fully saturated rings. The highest BCUT2D eigenvalue weighted by Crippen LogP contribution is 2.28. The molecule has 0 radical (unpaired) electrons. The first-order valence-corrected chi connectivity index (χ1v) is 4.62. The number of aromatic nitrogens is 2. The monoisotopic (exact) mass is 202 g/mol. The molecular weight excluding hydrogens is 192 g/mol. The first kappa shape index (κ1) is 8.99. The van der Waals surface area contributed by atoms with Gasteiger partial charge in [0.2, 0.25) is 0 Å². The Morgan fingerprint density at radius 1 is 1.69 bits per heavy atom. The number of aliphatic hydroxyl groups is 1. The van der Waals surface area contributed by atoms with Gasteiger partial charge >= 0.3 is 0 Å². The number of halogens is 1. The Balaban J connectivity index is 2.03. The van der Waals surface area contributed by atoms with Gasteiger partial charge in [-0.3, -0.25) is 0 Å². The summed E-state index contributed by atoms with van der Waals surface area (Å²) in [7, 11) is 0. The average molecular weight is 203 g/mol. The lowest BCUT2D eigenvalue weighted by Crippen LogP contribution is -2.13. The van der Waals surface area contributed by atoms with Crippen LogP contribution in [0.2, 0.25) is 5.15 Å². The maximum Gasteiger partial charge on any atom is 0.147 e. The van der Waals surface area contributed by atoms with Crippen LogP contribution in [0.3, 0.4) is 0 Å². The molecule has 0 aromatic carbocycles. The maximum absolute atomic E-state index is 8.86. The van der Waals surface area contributed by atoms with Crippen molar-refractivity contribution >= 4 is 11.6 Å². The van der Waals surface area contributed by atoms with Crippen LogP contribution in [0.25, 0.3) is 0 Å². The van der Waals surface area contributed by atoms with Gasteiger partial charge in [0.1, 0.15) is 11.4 Å². The van der Waals surface area contributed by atoms with Crippen LogP contribution in [0, 0.1) is 0 Å². The fourth-order valence-electron chi connectivity index (χ4n) is 1.51. The summed E-state index contributed by atoms with van der Waals surface area (Å²) in [6.45, 7) is 0.0823. The van der Waals surface area contributed by atoms with Gasteiger partial charge in [-0.2, -0.15) is 0 Å². The van der Waals surface area contributed by atoms with Gasteiger partial charge in [-0.25, -0.2) is 4.98 Å². The average Bonchev–Trinajstić information content (AvgIpc) is 2.71. The molecule has 13 heavy (non-hydrogen) atoms. The summed E-state index contributed by atoms with van der Waals surface area (Å²) in [6, 6.07) is 0. The molecule has 1 aliphatic rings. The largest absolute Gasteiger partial charge is 0.394 e. The van der Waals surface area contributed by atoms with Gasteiger partial charge in [0.05, 0.1) is 19.0 Å². The zero-order valence-electron chi connectivity index (χ0n) is 7.06. The normalized spacial score (nSPS) is 28.2. The standard InChI is InChI=1S/C8H11ClN2O2/c9-7-3-11(5-10-7)8-2-1-6(4-12)13-8/h3,5-6,8,12H,1-2,4H2/t6-,8+/m0/s1. The van der Waals surface area contributed by atoms with E-state index in [1.807, 2.05) is 4.57 Å². The van der Waals surface area contributed by atoms with Crippen LogP contribution in [-0.4, -0.2) is 27.4 Å². The zero-order chi connectivity index (χ0) is 9.26. The van der Waals surface area contributed by atoms with E-state index in [9.17, 15) is 0 Å². The molecule has 1 aromatic heterocycles. The van der Waals surface area contributed by atoms with Crippen molar-refractivity contribution in [3.8, 4) is 0 Å². The van der Waals surface area contributed by atoms with Gasteiger partial charge in [-0.05, 0) is 12.8 Å². The van der Waals surface area contributed by atoms with Gasteiger partial charge in [-0.15, -0.1) is 0 Å². The molecule has 2 heterocycles. The second kappa shape index (κ2) is 3.65. The van der Waals surface area contributed by atoms with E-state index in [0.717, 1.165) is 12.8 Å². The summed E-state index contributed by atoms with van der Waals surface area (Å²) >= 11 is 5.67. The van der Waals surface area contributed by atoms with Gasteiger partial charge < -0.3 is 14.4 Å². The first-order chi connectivity index (χ1) is 6.29. The van der Waals surface area contributed by atoms with Crippen molar-refractivity contribution in [2.75, 3.05) is 6.61 Å². The van der Waals surface area contributed by atoms with Gasteiger partial charge in [0, 0.05) is 6.20 Å². The van der Waals surface area contributed by atoms with Gasteiger partial charge in [-0.1, -0.05) is 11.6 Å². The summed E-state index contributed by atoms with van der Waals surface area (Å²) < 4.78 is 7.36. The van der Waals surface area contributed by atoms with Gasteiger partial charge in [0.25, 0.3) is 0 Å². The first-order valence-electron chi connectivity index (χ1n) is 4.25. The minimum absolute atomic E-state index is 0.0165. The highest BCUT2D eigenvalue weighted by Gasteiger charge is 2.25. The van der Waals surface area contributed by atoms with Crippen LogP contribution in [0.4, 0.5) is 0 Å². The van der Waals surface area contributed by atoms with Crippen molar-refractivity contribution in [3.63, 3.8) is 0 Å². The van der Waals surface area contributed by atoms with Gasteiger partial charge in [0.15, 0.2) is 0 Å². The summed E-state index contributed by atoms with van der Waals surface area (Å²) in [4.78, 5) is 3.90. The van der Waals surface area contributed by atoms with E-state index in [1.54, 1.807) is 12.5 Å². The predicted molar refractivity (Wildman–Crippen MR) is 47.5 cm³/mol. The molecule has 0 spiro atoms. The second-order valence-corrected chi connectivity index (χ2v) is 3.50. The lowest BCUT2D eigenvalue weighted by Gasteiger charge is -2.12. The minimum Gasteiger partial charge on any atom is -0.394 e. The molecule has 1 aromatic rings. The van der Waals surface area contributed by atoms with E-state index in [4.69, 9.17) is 21.4 Å². The fraction of sp³-hybridized carbons (Fsp3) is 0.625. The van der Waals surface area contributed by atoms with E-state index >= 15 is 0 Å². The fourth-order valence-corrected chi connectivity index (χ4v) is 1.67. The number of ether oxygens (including phenoxy) is 1. The third-order valence-corrected chi connectivity index (χ3v) is 2.39. The summed E-state index contributed by atoms with van der Waals surface area (Å²) in [5.74, 6) is 0. The number of imidazole rings is 1. The Hall–Kier alpha value is -0.580. The zero-order valence-corrected chi connectivity index (χ0v) is 7.81. The molecule has 0 saturated carbocycles. The van der Waals surface area contributed by atoms with Crippen molar-refractivity contribution in [2.45, 2.75) is 25.2 Å². The Morgan fingerprint density at radius 2 is 2.54 bits per heavy atom. The number of nitrogens with zero attached hydrogens (tertiary/aromatic N) is 2. The molecule has 72 valence electrons. The predicted octanol–water partition coefficient (Wildman–Crippen LogP) is 1.21. The third-order valence-electron chi connectivity index (χ3n) is 2.19. The Bertz CT molecular complexity index is 289. The molecule has 5 heteroatoms. The number of hydrogen-bond acceptors (Lipinski definition) is 3. The molecule has 4 nitrogen and oxygen atoms in total. The van der Waals surface area contributed by atoms with E-state index in [2.05, 4.69) is 4.98 Å². The molecule has 0 unspecified atom stereocenters. The lowest BCUT2D eigenvalue weighted by molar-refractivity contribution is -0.0223. The number of rotatable bonds is 2. The highest BCUT2D eigenvalue weighted by molar-refractivity contribution is 6.29.